The number of hydrogen-bond donors (Lipinski definition) is 1. The number of pyridine rings is 1. The predicted octanol–water partition coefficient (Wildman–Crippen LogP) is 3.34. The van der Waals surface area contributed by atoms with Gasteiger partial charge in [-0.2, -0.15) is 0 Å². The van der Waals surface area contributed by atoms with Crippen molar-refractivity contribution in [2.24, 2.45) is 0 Å². The van der Waals surface area contributed by atoms with E-state index in [1.54, 1.807) is 0 Å². The number of imidazole rings is 1. The Morgan fingerprint density at radius 3 is 2.77 bits per heavy atom. The second kappa shape index (κ2) is 6.92. The van der Waals surface area contributed by atoms with Crippen LogP contribution in [-0.2, 0) is 6.54 Å². The topological polar surface area (TPSA) is 49.6 Å². The number of amides is 1. The van der Waals surface area contributed by atoms with Crippen molar-refractivity contribution < 1.29 is 4.79 Å². The maximum atomic E-state index is 12.8. The highest BCUT2D eigenvalue weighted by Gasteiger charge is 2.28. The minimum absolute atomic E-state index is 0.124. The van der Waals surface area contributed by atoms with E-state index in [9.17, 15) is 4.79 Å². The first-order valence-corrected chi connectivity index (χ1v) is 9.14. The van der Waals surface area contributed by atoms with Crippen molar-refractivity contribution >= 4 is 11.4 Å². The van der Waals surface area contributed by atoms with E-state index in [1.165, 1.54) is 5.56 Å². The summed E-state index contributed by atoms with van der Waals surface area (Å²) in [6.07, 6.45) is 4.24. The van der Waals surface area contributed by atoms with E-state index in [0.29, 0.717) is 12.2 Å². The van der Waals surface area contributed by atoms with Gasteiger partial charge in [-0.15, -0.1) is 0 Å². The van der Waals surface area contributed by atoms with E-state index in [-0.39, 0.29) is 11.9 Å². The second-order valence-corrected chi connectivity index (χ2v) is 7.08. The third-order valence-electron chi connectivity index (χ3n) is 5.18. The third kappa shape index (κ3) is 3.10. The van der Waals surface area contributed by atoms with Crippen molar-refractivity contribution in [3.05, 3.63) is 71.3 Å². The molecule has 5 nitrogen and oxygen atoms in total. The molecule has 0 spiro atoms. The van der Waals surface area contributed by atoms with Gasteiger partial charge in [0.1, 0.15) is 5.82 Å². The number of nitrogens with one attached hydrogen (secondary N) is 1. The Hall–Kier alpha value is -2.66. The van der Waals surface area contributed by atoms with Crippen molar-refractivity contribution in [2.45, 2.75) is 32.4 Å². The number of rotatable bonds is 4. The first kappa shape index (κ1) is 16.8. The SMILES string of the molecule is Cc1ccc(CNC(=O)c2nc([C@H]3CCCN3C)n3ccccc23)cc1. The lowest BCUT2D eigenvalue weighted by molar-refractivity contribution is 0.0947. The molecule has 1 aliphatic heterocycles. The molecule has 3 aromatic rings. The largest absolute Gasteiger partial charge is 0.347 e. The molecule has 0 bridgehead atoms. The molecule has 3 heterocycles. The molecule has 26 heavy (non-hydrogen) atoms. The lowest BCUT2D eigenvalue weighted by Crippen LogP contribution is -2.23. The number of aryl methyl sites for hydroxylation is 1. The lowest BCUT2D eigenvalue weighted by atomic mass is 10.1. The van der Waals surface area contributed by atoms with Crippen LogP contribution < -0.4 is 5.32 Å². The van der Waals surface area contributed by atoms with Crippen molar-refractivity contribution in [1.29, 1.82) is 0 Å². The fraction of sp³-hybridized carbons (Fsp3) is 0.333. The molecule has 5 heteroatoms. The third-order valence-corrected chi connectivity index (χ3v) is 5.18. The van der Waals surface area contributed by atoms with Crippen LogP contribution in [0.3, 0.4) is 0 Å². The van der Waals surface area contributed by atoms with Crippen molar-refractivity contribution in [3.8, 4) is 0 Å². The van der Waals surface area contributed by atoms with Crippen molar-refractivity contribution in [2.75, 3.05) is 13.6 Å². The van der Waals surface area contributed by atoms with Crippen LogP contribution in [-0.4, -0.2) is 33.8 Å². The first-order chi connectivity index (χ1) is 12.6. The van der Waals surface area contributed by atoms with Gasteiger partial charge < -0.3 is 9.72 Å². The summed E-state index contributed by atoms with van der Waals surface area (Å²) >= 11 is 0. The summed E-state index contributed by atoms with van der Waals surface area (Å²) in [6.45, 7) is 3.63. The smallest absolute Gasteiger partial charge is 0.272 e. The van der Waals surface area contributed by atoms with Crippen molar-refractivity contribution in [3.63, 3.8) is 0 Å². The summed E-state index contributed by atoms with van der Waals surface area (Å²) in [6, 6.07) is 14.4. The molecular weight excluding hydrogens is 324 g/mol. The summed E-state index contributed by atoms with van der Waals surface area (Å²) in [5.41, 5.74) is 3.67. The number of benzene rings is 1. The molecule has 1 atom stereocenters. The summed E-state index contributed by atoms with van der Waals surface area (Å²) in [4.78, 5) is 19.9. The molecule has 1 N–H and O–H groups in total. The quantitative estimate of drug-likeness (QED) is 0.787. The Morgan fingerprint density at radius 1 is 1.23 bits per heavy atom. The van der Waals surface area contributed by atoms with Gasteiger partial charge in [-0.05, 0) is 51.1 Å². The molecule has 0 unspecified atom stereocenters. The molecule has 1 aromatic carbocycles. The fourth-order valence-electron chi connectivity index (χ4n) is 3.67. The van der Waals surface area contributed by atoms with Crippen LogP contribution in [0.1, 0.15) is 46.3 Å². The van der Waals surface area contributed by atoms with Gasteiger partial charge in [0, 0.05) is 12.7 Å². The average Bonchev–Trinajstić information content (AvgIpc) is 3.24. The number of carbonyl (C=O) groups excluding carboxylic acids is 1. The van der Waals surface area contributed by atoms with Crippen LogP contribution in [0.4, 0.5) is 0 Å². The number of aromatic nitrogens is 2. The molecule has 0 saturated carbocycles. The number of likely N-dealkylation sites (tertiary alicyclic amines) is 1. The van der Waals surface area contributed by atoms with E-state index in [0.717, 1.165) is 36.3 Å². The van der Waals surface area contributed by atoms with Gasteiger partial charge in [-0.1, -0.05) is 35.9 Å². The van der Waals surface area contributed by atoms with Crippen LogP contribution >= 0.6 is 0 Å². The Kier molecular flexibility index (Phi) is 4.47. The van der Waals surface area contributed by atoms with Crippen LogP contribution in [0.25, 0.3) is 5.52 Å². The van der Waals surface area contributed by atoms with Crippen LogP contribution in [0, 0.1) is 6.92 Å². The Balaban J connectivity index is 1.61. The van der Waals surface area contributed by atoms with E-state index < -0.39 is 0 Å². The monoisotopic (exact) mass is 348 g/mol. The zero-order valence-electron chi connectivity index (χ0n) is 15.3. The number of fused-ring (bicyclic) bond motifs is 1. The van der Waals surface area contributed by atoms with Gasteiger partial charge in [0.2, 0.25) is 0 Å². The molecule has 4 rings (SSSR count). The normalized spacial score (nSPS) is 17.7. The zero-order valence-corrected chi connectivity index (χ0v) is 15.3. The van der Waals surface area contributed by atoms with Gasteiger partial charge >= 0.3 is 0 Å². The Labute approximate surface area is 153 Å². The lowest BCUT2D eigenvalue weighted by Gasteiger charge is -2.17. The highest BCUT2D eigenvalue weighted by atomic mass is 16.1. The van der Waals surface area contributed by atoms with Gasteiger partial charge in [-0.3, -0.25) is 9.69 Å². The van der Waals surface area contributed by atoms with Gasteiger partial charge in [0.05, 0.1) is 11.6 Å². The van der Waals surface area contributed by atoms with Crippen LogP contribution in [0.2, 0.25) is 0 Å². The van der Waals surface area contributed by atoms with Crippen LogP contribution in [0.15, 0.2) is 48.7 Å². The summed E-state index contributed by atoms with van der Waals surface area (Å²) in [5.74, 6) is 0.835. The predicted molar refractivity (Wildman–Crippen MR) is 102 cm³/mol. The molecule has 1 saturated heterocycles. The maximum absolute atomic E-state index is 12.8. The molecule has 1 amide bonds. The minimum atomic E-state index is -0.124. The standard InChI is InChI=1S/C21H24N4O/c1-15-8-10-16(11-9-15)14-22-21(26)19-17-6-3-4-13-25(17)20(23-19)18-7-5-12-24(18)2/h3-4,6,8-11,13,18H,5,7,12,14H2,1-2H3,(H,22,26)/t18-/m1/s1. The van der Waals surface area contributed by atoms with E-state index in [1.807, 2.05) is 36.5 Å². The zero-order chi connectivity index (χ0) is 18.1. The fourth-order valence-corrected chi connectivity index (χ4v) is 3.67. The van der Waals surface area contributed by atoms with E-state index in [2.05, 4.69) is 40.7 Å². The van der Waals surface area contributed by atoms with Crippen molar-refractivity contribution in [1.82, 2.24) is 19.6 Å². The second-order valence-electron chi connectivity index (χ2n) is 7.08. The minimum Gasteiger partial charge on any atom is -0.347 e. The number of hydrogen-bond acceptors (Lipinski definition) is 3. The average molecular weight is 348 g/mol. The molecular formula is C21H24N4O. The van der Waals surface area contributed by atoms with Gasteiger partial charge in [-0.25, -0.2) is 4.98 Å². The van der Waals surface area contributed by atoms with Gasteiger partial charge in [0.25, 0.3) is 5.91 Å². The highest BCUT2D eigenvalue weighted by molar-refractivity contribution is 5.99. The van der Waals surface area contributed by atoms with Gasteiger partial charge in [0.15, 0.2) is 5.69 Å². The summed E-state index contributed by atoms with van der Waals surface area (Å²) in [7, 11) is 2.12. The molecule has 1 aliphatic rings. The Morgan fingerprint density at radius 2 is 2.04 bits per heavy atom. The van der Waals surface area contributed by atoms with Crippen LogP contribution in [0.5, 0.6) is 0 Å². The first-order valence-electron chi connectivity index (χ1n) is 9.14. The summed E-state index contributed by atoms with van der Waals surface area (Å²) in [5, 5.41) is 3.01. The number of nitrogens with zero attached hydrogens (tertiary/aromatic N) is 3. The maximum Gasteiger partial charge on any atom is 0.272 e. The van der Waals surface area contributed by atoms with E-state index >= 15 is 0 Å². The molecule has 1 fully saturated rings. The summed E-state index contributed by atoms with van der Waals surface area (Å²) < 4.78 is 2.06. The highest BCUT2D eigenvalue weighted by Crippen LogP contribution is 2.31. The Bertz CT molecular complexity index is 929. The van der Waals surface area contributed by atoms with E-state index in [4.69, 9.17) is 4.98 Å². The molecule has 134 valence electrons. The molecule has 0 aliphatic carbocycles. The molecule has 0 radical (unpaired) electrons. The number of carbonyl (C=O) groups is 1. The molecule has 2 aromatic heterocycles.